The van der Waals surface area contributed by atoms with Crippen LogP contribution in [-0.2, 0) is 19.1 Å². The molecule has 2 amide bonds. The van der Waals surface area contributed by atoms with Crippen LogP contribution in [0.25, 0.3) is 21.5 Å². The number of hydrogen-bond donors (Lipinski definition) is 0. The number of epoxide rings is 2. The molecule has 4 aliphatic heterocycles. The fourth-order valence-corrected chi connectivity index (χ4v) is 9.53. The lowest BCUT2D eigenvalue weighted by atomic mass is 9.55. The number of hydrogen-bond acceptors (Lipinski definition) is 6. The summed E-state index contributed by atoms with van der Waals surface area (Å²) >= 11 is 0. The molecule has 0 bridgehead atoms. The topological polar surface area (TPSA) is 84.1 Å². The van der Waals surface area contributed by atoms with Crippen LogP contribution in [0.2, 0.25) is 0 Å². The Labute approximate surface area is 267 Å². The van der Waals surface area contributed by atoms with Gasteiger partial charge >= 0.3 is 0 Å². The van der Waals surface area contributed by atoms with Crippen LogP contribution in [0, 0.1) is 23.7 Å². The summed E-state index contributed by atoms with van der Waals surface area (Å²) in [6.07, 6.45) is 4.65. The van der Waals surface area contributed by atoms with Crippen LogP contribution < -0.4 is 19.3 Å². The van der Waals surface area contributed by atoms with Crippen molar-refractivity contribution >= 4 is 44.7 Å². The fourth-order valence-electron chi connectivity index (χ4n) is 9.53. The normalized spacial score (nSPS) is 32.3. The summed E-state index contributed by atoms with van der Waals surface area (Å²) in [6.45, 7) is 2.47. The molecule has 1 spiro atoms. The maximum absolute atomic E-state index is 14.9. The molecule has 234 valence electrons. The van der Waals surface area contributed by atoms with E-state index in [0.29, 0.717) is 37.9 Å². The lowest BCUT2D eigenvalue weighted by Crippen LogP contribution is -2.63. The lowest BCUT2D eigenvalue weighted by molar-refractivity contribution is -0.129. The highest BCUT2D eigenvalue weighted by molar-refractivity contribution is 6.14. The third kappa shape index (κ3) is 3.80. The van der Waals surface area contributed by atoms with Gasteiger partial charge in [-0.3, -0.25) is 19.4 Å². The molecule has 6 aliphatic rings. The smallest absolute Gasteiger partial charge is 0.232 e. The SMILES string of the molecule is O=C1CCC2(C3C4CCCC4C3C(=O)N2c2ccc(OCC3CO3)c3ccccc23)N1c1ccc(OCC2CO2)c2ccccc12. The van der Waals surface area contributed by atoms with E-state index in [2.05, 4.69) is 29.2 Å². The summed E-state index contributed by atoms with van der Waals surface area (Å²) in [4.78, 5) is 33.3. The molecule has 2 saturated carbocycles. The van der Waals surface area contributed by atoms with E-state index in [9.17, 15) is 9.59 Å². The number of carbonyl (C=O) groups is 2. The van der Waals surface area contributed by atoms with Gasteiger partial charge < -0.3 is 18.9 Å². The van der Waals surface area contributed by atoms with Gasteiger partial charge in [0.05, 0.1) is 24.6 Å². The van der Waals surface area contributed by atoms with E-state index in [1.165, 1.54) is 0 Å². The monoisotopic (exact) mass is 616 g/mol. The van der Waals surface area contributed by atoms with Gasteiger partial charge in [0.15, 0.2) is 0 Å². The number of amides is 2. The molecule has 0 N–H and O–H groups in total. The van der Waals surface area contributed by atoms with E-state index in [1.807, 2.05) is 53.4 Å². The molecule has 0 aromatic heterocycles. The Morgan fingerprint density at radius 1 is 0.696 bits per heavy atom. The van der Waals surface area contributed by atoms with Crippen molar-refractivity contribution in [2.24, 2.45) is 23.7 Å². The Bertz CT molecular complexity index is 1920. The predicted molar refractivity (Wildman–Crippen MR) is 173 cm³/mol. The van der Waals surface area contributed by atoms with Gasteiger partial charge in [-0.05, 0) is 55.4 Å². The van der Waals surface area contributed by atoms with Gasteiger partial charge in [0.2, 0.25) is 11.8 Å². The van der Waals surface area contributed by atoms with E-state index in [4.69, 9.17) is 18.9 Å². The van der Waals surface area contributed by atoms with Crippen molar-refractivity contribution in [1.29, 1.82) is 0 Å². The molecule has 4 heterocycles. The Morgan fingerprint density at radius 2 is 1.24 bits per heavy atom. The highest BCUT2D eigenvalue weighted by Crippen LogP contribution is 2.68. The molecule has 0 radical (unpaired) electrons. The van der Waals surface area contributed by atoms with Crippen molar-refractivity contribution in [3.63, 3.8) is 0 Å². The largest absolute Gasteiger partial charge is 0.490 e. The molecular formula is C38H36N2O6. The summed E-state index contributed by atoms with van der Waals surface area (Å²) in [5.41, 5.74) is 0.919. The van der Waals surface area contributed by atoms with Gasteiger partial charge in [-0.15, -0.1) is 0 Å². The van der Waals surface area contributed by atoms with Crippen LogP contribution in [0.3, 0.4) is 0 Å². The van der Waals surface area contributed by atoms with E-state index in [-0.39, 0.29) is 35.9 Å². The zero-order valence-corrected chi connectivity index (χ0v) is 25.6. The maximum Gasteiger partial charge on any atom is 0.232 e. The van der Waals surface area contributed by atoms with Crippen LogP contribution in [0.4, 0.5) is 11.4 Å². The second-order valence-electron chi connectivity index (χ2n) is 13.9. The van der Waals surface area contributed by atoms with Crippen molar-refractivity contribution in [2.75, 3.05) is 36.2 Å². The number of nitrogens with zero attached hydrogens (tertiary/aromatic N) is 2. The number of benzene rings is 4. The van der Waals surface area contributed by atoms with Crippen LogP contribution in [0.1, 0.15) is 32.1 Å². The zero-order chi connectivity index (χ0) is 30.6. The molecule has 4 aromatic rings. The summed E-state index contributed by atoms with van der Waals surface area (Å²) in [5.74, 6) is 2.63. The Balaban J connectivity index is 1.15. The first-order valence-corrected chi connectivity index (χ1v) is 16.8. The summed E-state index contributed by atoms with van der Waals surface area (Å²) < 4.78 is 23.2. The molecule has 7 unspecified atom stereocenters. The van der Waals surface area contributed by atoms with Crippen LogP contribution in [0.15, 0.2) is 72.8 Å². The number of carbonyl (C=O) groups excluding carboxylic acids is 2. The van der Waals surface area contributed by atoms with E-state index >= 15 is 0 Å². The Kier molecular flexibility index (Phi) is 5.83. The minimum Gasteiger partial charge on any atom is -0.490 e. The number of anilines is 2. The van der Waals surface area contributed by atoms with Crippen LogP contribution in [0.5, 0.6) is 11.5 Å². The first kappa shape index (κ1) is 27.0. The Hall–Kier alpha value is -4.14. The molecule has 8 heteroatoms. The van der Waals surface area contributed by atoms with Crippen LogP contribution >= 0.6 is 0 Å². The van der Waals surface area contributed by atoms with Gasteiger partial charge in [-0.2, -0.15) is 0 Å². The third-order valence-corrected chi connectivity index (χ3v) is 11.6. The molecule has 46 heavy (non-hydrogen) atoms. The summed E-state index contributed by atoms with van der Waals surface area (Å²) in [7, 11) is 0. The highest BCUT2D eigenvalue weighted by atomic mass is 16.6. The standard InChI is InChI=1S/C38H36N2O6/c41-34-16-17-38(39(34)30-12-14-32(45-20-22-18-43-22)26-8-3-1-6-24(26)30)36-29-11-5-10-28(29)35(36)37(42)40(38)31-13-15-33(46-21-23-19-44-23)27-9-4-2-7-25(27)31/h1-4,6-9,12-15,22-23,28-29,35-36H,5,10-11,16-21H2. The highest BCUT2D eigenvalue weighted by Gasteiger charge is 2.75. The number of fused-ring (bicyclic) bond motifs is 7. The van der Waals surface area contributed by atoms with Gasteiger partial charge in [0, 0.05) is 39.8 Å². The minimum absolute atomic E-state index is 0.0683. The molecule has 7 atom stereocenters. The minimum atomic E-state index is -0.787. The molecule has 8 nitrogen and oxygen atoms in total. The average molecular weight is 617 g/mol. The van der Waals surface area contributed by atoms with E-state index in [1.54, 1.807) is 0 Å². The van der Waals surface area contributed by atoms with Gasteiger partial charge in [-0.25, -0.2) is 0 Å². The zero-order valence-electron chi connectivity index (χ0n) is 25.6. The molecule has 4 aromatic carbocycles. The predicted octanol–water partition coefficient (Wildman–Crippen LogP) is 6.08. The van der Waals surface area contributed by atoms with Crippen molar-refractivity contribution in [2.45, 2.75) is 50.0 Å². The molecular weight excluding hydrogens is 580 g/mol. The molecule has 6 fully saturated rings. The molecule has 10 rings (SSSR count). The maximum atomic E-state index is 14.9. The van der Waals surface area contributed by atoms with Crippen molar-refractivity contribution in [1.82, 2.24) is 0 Å². The van der Waals surface area contributed by atoms with Crippen LogP contribution in [-0.4, -0.2) is 56.1 Å². The third-order valence-electron chi connectivity index (χ3n) is 11.6. The van der Waals surface area contributed by atoms with Crippen molar-refractivity contribution < 1.29 is 28.5 Å². The molecule has 4 saturated heterocycles. The van der Waals surface area contributed by atoms with Gasteiger partial charge in [-0.1, -0.05) is 55.0 Å². The van der Waals surface area contributed by atoms with Crippen molar-refractivity contribution in [3.8, 4) is 11.5 Å². The quantitative estimate of drug-likeness (QED) is 0.223. The van der Waals surface area contributed by atoms with E-state index in [0.717, 1.165) is 76.9 Å². The van der Waals surface area contributed by atoms with Gasteiger partial charge in [0.1, 0.15) is 42.6 Å². The Morgan fingerprint density at radius 3 is 1.83 bits per heavy atom. The number of ether oxygens (including phenoxy) is 4. The second-order valence-corrected chi connectivity index (χ2v) is 13.9. The summed E-state index contributed by atoms with van der Waals surface area (Å²) in [5, 5.41) is 3.85. The molecule has 2 aliphatic carbocycles. The van der Waals surface area contributed by atoms with E-state index < -0.39 is 5.66 Å². The average Bonchev–Trinajstić information content (AvgIpc) is 4.00. The second kappa shape index (κ2) is 9.93. The fraction of sp³-hybridized carbons (Fsp3) is 0.421. The lowest BCUT2D eigenvalue weighted by Gasteiger charge is -2.53. The first-order valence-electron chi connectivity index (χ1n) is 16.8. The summed E-state index contributed by atoms with van der Waals surface area (Å²) in [6, 6.07) is 24.4. The number of rotatable bonds is 8. The van der Waals surface area contributed by atoms with Gasteiger partial charge in [0.25, 0.3) is 0 Å². The first-order chi connectivity index (χ1) is 22.6. The van der Waals surface area contributed by atoms with Crippen molar-refractivity contribution in [3.05, 3.63) is 72.8 Å².